The van der Waals surface area contributed by atoms with Gasteiger partial charge in [-0.3, -0.25) is 0 Å². The molecule has 0 N–H and O–H groups in total. The van der Waals surface area contributed by atoms with Crippen molar-refractivity contribution in [1.82, 2.24) is 0 Å². The molecule has 510 valence electrons. The Bertz CT molecular complexity index is 1380. The highest BCUT2D eigenvalue weighted by Crippen LogP contribution is 2.27. The van der Waals surface area contributed by atoms with E-state index in [1.165, 1.54) is 89.1 Å². The van der Waals surface area contributed by atoms with Crippen molar-refractivity contribution in [3.63, 3.8) is 0 Å². The predicted octanol–water partition coefficient (Wildman–Crippen LogP) is 7.48. The van der Waals surface area contributed by atoms with Gasteiger partial charge in [-0.05, 0) is 152 Å². The van der Waals surface area contributed by atoms with Crippen LogP contribution in [0.5, 0.6) is 0 Å². The van der Waals surface area contributed by atoms with Crippen LogP contribution in [0.4, 0.5) is 0 Å². The van der Waals surface area contributed by atoms with Crippen LogP contribution in [-0.4, -0.2) is 191 Å². The van der Waals surface area contributed by atoms with Crippen molar-refractivity contribution in [1.29, 1.82) is 0 Å². The summed E-state index contributed by atoms with van der Waals surface area (Å²) in [6.45, 7) is 43.0. The van der Waals surface area contributed by atoms with Crippen LogP contribution in [0.1, 0.15) is 151 Å². The zero-order valence-corrected chi connectivity index (χ0v) is 81.7. The second-order valence-electron chi connectivity index (χ2n) is 23.4. The molecule has 0 aliphatic carbocycles. The van der Waals surface area contributed by atoms with Gasteiger partial charge in [-0.1, -0.05) is 144 Å². The molecular formula is C47H134O18Si20. The molecular weight excluding hydrogens is 1410 g/mol. The molecule has 0 aromatic carbocycles. The third-order valence-corrected chi connectivity index (χ3v) is 77.9. The average Bonchev–Trinajstić information content (AvgIpc) is 3.48. The van der Waals surface area contributed by atoms with Gasteiger partial charge < -0.3 is 74.4 Å². The van der Waals surface area contributed by atoms with Gasteiger partial charge in [0.2, 0.25) is 0 Å². The van der Waals surface area contributed by atoms with E-state index >= 15 is 0 Å². The van der Waals surface area contributed by atoms with Crippen LogP contribution < -0.4 is 0 Å². The van der Waals surface area contributed by atoms with Gasteiger partial charge in [0.1, 0.15) is 0 Å². The summed E-state index contributed by atoms with van der Waals surface area (Å²) in [5.41, 5.74) is 1.23. The van der Waals surface area contributed by atoms with Crippen LogP contribution in [0, 0.1) is 0 Å². The third-order valence-electron chi connectivity index (χ3n) is 14.5. The highest BCUT2D eigenvalue weighted by molar-refractivity contribution is 6.83. The van der Waals surface area contributed by atoms with E-state index in [4.69, 9.17) is 74.4 Å². The number of hydrogen-bond donors (Lipinski definition) is 0. The summed E-state index contributed by atoms with van der Waals surface area (Å²) in [6.07, 6.45) is 19.1. The Hall–Kier alpha value is 3.62. The monoisotopic (exact) mass is 1550 g/mol. The number of hydrogen-bond acceptors (Lipinski definition) is 18. The molecule has 4 saturated heterocycles. The maximum Gasteiger partial charge on any atom is 0.635 e. The molecule has 85 heavy (non-hydrogen) atoms. The van der Waals surface area contributed by atoms with Crippen LogP contribution in [0.2, 0.25) is 145 Å². The summed E-state index contributed by atoms with van der Waals surface area (Å²) in [5, 5.41) is 0. The maximum absolute atomic E-state index is 7.43. The van der Waals surface area contributed by atoms with Crippen molar-refractivity contribution >= 4 is 185 Å². The summed E-state index contributed by atoms with van der Waals surface area (Å²) < 4.78 is 118. The smallest absolute Gasteiger partial charge is 0.442 e. The maximum atomic E-state index is 7.43. The van der Waals surface area contributed by atoms with E-state index < -0.39 is 185 Å². The molecule has 0 saturated carbocycles. The Morgan fingerprint density at radius 1 is 0.353 bits per heavy atom. The van der Waals surface area contributed by atoms with Crippen LogP contribution in [-0.2, 0) is 74.4 Å². The second kappa shape index (κ2) is 53.7. The Balaban J connectivity index is 0.00000582. The van der Waals surface area contributed by atoms with Gasteiger partial charge in [0.05, 0.1) is 0 Å². The molecule has 18 nitrogen and oxygen atoms in total. The number of unbranched alkanes of at least 4 members (excludes halogenated alkanes) is 12. The fourth-order valence-corrected chi connectivity index (χ4v) is 78.1. The summed E-state index contributed by atoms with van der Waals surface area (Å²) in [5.74, 6) is 0. The summed E-state index contributed by atoms with van der Waals surface area (Å²) in [7, 11) is -31.6. The van der Waals surface area contributed by atoms with Gasteiger partial charge in [-0.15, -0.1) is 0 Å². The van der Waals surface area contributed by atoms with Gasteiger partial charge in [0.25, 0.3) is 74.3 Å². The van der Waals surface area contributed by atoms with Crippen molar-refractivity contribution < 1.29 is 74.4 Å². The van der Waals surface area contributed by atoms with Gasteiger partial charge in [0, 0.05) is 6.10 Å². The van der Waals surface area contributed by atoms with Crippen LogP contribution in [0.25, 0.3) is 0 Å². The number of rotatable bonds is 36. The lowest BCUT2D eigenvalue weighted by atomic mass is 10.2. The van der Waals surface area contributed by atoms with E-state index in [1.807, 2.05) is 41.5 Å². The Kier molecular flexibility index (Phi) is 54.8. The van der Waals surface area contributed by atoms with E-state index in [2.05, 4.69) is 92.0 Å². The summed E-state index contributed by atoms with van der Waals surface area (Å²) in [4.78, 5) is 0. The average molecular weight is 1550 g/mol. The topological polar surface area (TPSA) is 166 Å². The van der Waals surface area contributed by atoms with Crippen molar-refractivity contribution in [2.75, 3.05) is 0 Å². The molecule has 0 bridgehead atoms. The third kappa shape index (κ3) is 44.9. The second-order valence-corrected chi connectivity index (χ2v) is 72.5. The molecule has 0 aromatic heterocycles. The van der Waals surface area contributed by atoms with Crippen LogP contribution in [0.3, 0.4) is 0 Å². The van der Waals surface area contributed by atoms with Gasteiger partial charge in [-0.25, -0.2) is 0 Å². The standard InChI is InChI=1S/C41H116O18Si20.3C2H6/c1-41-39-63(2)46-66(5)53-74(42-41)34-26-18-15-23-31-60-43-79(44-61-32-24-16-19-27-35-75-48-65(4)40-64(3)47-67(6)54-75,45-62-33-25-17-20-28-36-76-55-70(9)49-68(7)50-71(10)56-76)59-78(13,14)38-30-22-21-29-37-77-57-72(11)51-69(8)52-73(12)58-77;3*1-2/h41,63-77H,15-40,60-62H2,1-14H3;3*1-2H3. The Morgan fingerprint density at radius 3 is 1.05 bits per heavy atom. The zero-order chi connectivity index (χ0) is 63.5. The fraction of sp³-hybridized carbons (Fsp3) is 1.00. The largest absolute Gasteiger partial charge is 0.635 e. The molecule has 0 aromatic rings. The van der Waals surface area contributed by atoms with E-state index in [1.54, 1.807) is 0 Å². The van der Waals surface area contributed by atoms with E-state index in [0.717, 1.165) is 73.7 Å². The van der Waals surface area contributed by atoms with Crippen molar-refractivity contribution in [2.24, 2.45) is 0 Å². The van der Waals surface area contributed by atoms with E-state index in [9.17, 15) is 0 Å². The Labute approximate surface area is 557 Å². The van der Waals surface area contributed by atoms with Crippen molar-refractivity contribution in [3.8, 4) is 0 Å². The molecule has 13 atom stereocenters. The predicted molar refractivity (Wildman–Crippen MR) is 406 cm³/mol. The molecule has 4 aliphatic heterocycles. The molecule has 38 heteroatoms. The molecule has 4 fully saturated rings. The minimum atomic E-state index is -3.33. The normalized spacial score (nSPS) is 32.0. The first-order valence-electron chi connectivity index (χ1n) is 34.5. The molecule has 4 heterocycles. The lowest BCUT2D eigenvalue weighted by Crippen LogP contribution is -2.57. The Morgan fingerprint density at radius 2 is 0.647 bits per heavy atom. The van der Waals surface area contributed by atoms with Gasteiger partial charge in [0.15, 0.2) is 64.7 Å². The lowest BCUT2D eigenvalue weighted by Gasteiger charge is -2.36. The van der Waals surface area contributed by atoms with Crippen molar-refractivity contribution in [3.05, 3.63) is 0 Å². The van der Waals surface area contributed by atoms with E-state index in [-0.39, 0.29) is 6.10 Å². The molecule has 0 amide bonds. The molecule has 0 spiro atoms. The first kappa shape index (κ1) is 86.6. The molecule has 0 radical (unpaired) electrons. The quantitative estimate of drug-likeness (QED) is 0.0447. The van der Waals surface area contributed by atoms with Crippen molar-refractivity contribution in [2.45, 2.75) is 302 Å². The van der Waals surface area contributed by atoms with E-state index in [0.29, 0.717) is 0 Å². The fourth-order valence-electron chi connectivity index (χ4n) is 10.9. The summed E-state index contributed by atoms with van der Waals surface area (Å²) >= 11 is 0. The first-order chi connectivity index (χ1) is 40.7. The first-order valence-corrected chi connectivity index (χ1v) is 75.2. The minimum Gasteiger partial charge on any atom is -0.442 e. The molecule has 13 unspecified atom stereocenters. The van der Waals surface area contributed by atoms with Crippen LogP contribution >= 0.6 is 0 Å². The highest BCUT2D eigenvalue weighted by Gasteiger charge is 2.48. The summed E-state index contributed by atoms with van der Waals surface area (Å²) in [6, 6.07) is 9.77. The zero-order valence-electron chi connectivity index (χ0n) is 58.1. The molecule has 4 rings (SSSR count). The SMILES string of the molecule is CC.CC.CC.CC1C[SiH](C)O[SiH](C)O[SiH](CCCCCC[SiH2]O[Si](O[SiH2]CCCCCC[SiH]2O[SiH](C)C[SiH](C)O[SiH](C)O2)(O[SiH2]CCCCCC[SiH]2O[SiH](C)O[SiH](C)O[SiH](C)O2)O[Si](C)(C)CCCCCC[SiH]2O[SiH](C)O[SiH](C)O[SiH](C)O2)O1. The van der Waals surface area contributed by atoms with Gasteiger partial charge >= 0.3 is 46.2 Å². The van der Waals surface area contributed by atoms with Crippen LogP contribution in [0.15, 0.2) is 0 Å². The lowest BCUT2D eigenvalue weighted by molar-refractivity contribution is 0.166. The molecule has 4 aliphatic rings. The minimum absolute atomic E-state index is 0.268. The van der Waals surface area contributed by atoms with Gasteiger partial charge in [-0.2, -0.15) is 0 Å². The highest BCUT2D eigenvalue weighted by atomic mass is 28.5.